The van der Waals surface area contributed by atoms with Crippen LogP contribution in [-0.2, 0) is 25.6 Å². The standard InChI is InChI=1S/C22H26N2O5/c1-17-7-6-10-19(13-17)22(27)23-14-21(26)29-16-20(25)24(11-12-28-2)15-18-8-4-3-5-9-18/h3-10,13H,11-12,14-16H2,1-2H3,(H,23,27). The molecule has 0 aliphatic rings. The van der Waals surface area contributed by atoms with E-state index in [2.05, 4.69) is 5.32 Å². The molecule has 2 aromatic carbocycles. The van der Waals surface area contributed by atoms with Crippen molar-refractivity contribution in [2.24, 2.45) is 0 Å². The van der Waals surface area contributed by atoms with Crippen LogP contribution in [0.15, 0.2) is 54.6 Å². The summed E-state index contributed by atoms with van der Waals surface area (Å²) in [5.74, 6) is -1.38. The fourth-order valence-corrected chi connectivity index (χ4v) is 2.62. The van der Waals surface area contributed by atoms with Gasteiger partial charge in [0.2, 0.25) is 0 Å². The number of hydrogen-bond acceptors (Lipinski definition) is 5. The first-order chi connectivity index (χ1) is 14.0. The molecule has 7 heteroatoms. The van der Waals surface area contributed by atoms with Gasteiger partial charge >= 0.3 is 5.97 Å². The molecule has 0 bridgehead atoms. The maximum absolute atomic E-state index is 12.5. The molecule has 0 aliphatic heterocycles. The number of benzene rings is 2. The van der Waals surface area contributed by atoms with Crippen LogP contribution in [0.25, 0.3) is 0 Å². The predicted octanol–water partition coefficient (Wildman–Crippen LogP) is 1.94. The number of hydrogen-bond donors (Lipinski definition) is 1. The molecule has 0 radical (unpaired) electrons. The smallest absolute Gasteiger partial charge is 0.325 e. The minimum Gasteiger partial charge on any atom is -0.454 e. The van der Waals surface area contributed by atoms with Crippen LogP contribution in [0.1, 0.15) is 21.5 Å². The van der Waals surface area contributed by atoms with Gasteiger partial charge in [-0.15, -0.1) is 0 Å². The summed E-state index contributed by atoms with van der Waals surface area (Å²) in [6.45, 7) is 2.32. The number of nitrogens with one attached hydrogen (secondary N) is 1. The average molecular weight is 398 g/mol. The fourth-order valence-electron chi connectivity index (χ4n) is 2.62. The van der Waals surface area contributed by atoms with E-state index in [4.69, 9.17) is 9.47 Å². The number of nitrogens with zero attached hydrogens (tertiary/aromatic N) is 1. The first-order valence-corrected chi connectivity index (χ1v) is 9.30. The monoisotopic (exact) mass is 398 g/mol. The molecule has 7 nitrogen and oxygen atoms in total. The third-order valence-corrected chi connectivity index (χ3v) is 4.16. The zero-order valence-electron chi connectivity index (χ0n) is 16.7. The molecule has 1 N–H and O–H groups in total. The lowest BCUT2D eigenvalue weighted by Crippen LogP contribution is -2.38. The molecule has 0 saturated carbocycles. The lowest BCUT2D eigenvalue weighted by molar-refractivity contribution is -0.151. The van der Waals surface area contributed by atoms with E-state index >= 15 is 0 Å². The van der Waals surface area contributed by atoms with Crippen molar-refractivity contribution in [3.63, 3.8) is 0 Å². The van der Waals surface area contributed by atoms with Crippen molar-refractivity contribution in [2.75, 3.05) is 33.4 Å². The quantitative estimate of drug-likeness (QED) is 0.619. The summed E-state index contributed by atoms with van der Waals surface area (Å²) in [5.41, 5.74) is 2.37. The van der Waals surface area contributed by atoms with Crippen molar-refractivity contribution in [1.29, 1.82) is 0 Å². The summed E-state index contributed by atoms with van der Waals surface area (Å²) in [4.78, 5) is 38.0. The van der Waals surface area contributed by atoms with Gasteiger partial charge in [0, 0.05) is 25.8 Å². The van der Waals surface area contributed by atoms with Crippen LogP contribution in [-0.4, -0.2) is 56.1 Å². The first kappa shape index (κ1) is 22.1. The number of esters is 1. The number of rotatable bonds is 10. The number of methoxy groups -OCH3 is 1. The van der Waals surface area contributed by atoms with Gasteiger partial charge in [-0.25, -0.2) is 0 Å². The van der Waals surface area contributed by atoms with Gasteiger partial charge in [-0.05, 0) is 24.6 Å². The van der Waals surface area contributed by atoms with Gasteiger partial charge in [0.05, 0.1) is 6.61 Å². The summed E-state index contributed by atoms with van der Waals surface area (Å²) >= 11 is 0. The summed E-state index contributed by atoms with van der Waals surface area (Å²) in [5, 5.41) is 2.49. The molecular weight excluding hydrogens is 372 g/mol. The Hall–Kier alpha value is -3.19. The van der Waals surface area contributed by atoms with E-state index in [9.17, 15) is 14.4 Å². The van der Waals surface area contributed by atoms with Crippen LogP contribution < -0.4 is 5.32 Å². The van der Waals surface area contributed by atoms with E-state index in [-0.39, 0.29) is 18.4 Å². The Morgan fingerprint density at radius 2 is 1.79 bits per heavy atom. The maximum Gasteiger partial charge on any atom is 0.325 e. The summed E-state index contributed by atoms with van der Waals surface area (Å²) in [6, 6.07) is 16.5. The number of ether oxygens (including phenoxy) is 2. The molecule has 29 heavy (non-hydrogen) atoms. The molecule has 0 unspecified atom stereocenters. The van der Waals surface area contributed by atoms with Crippen molar-refractivity contribution in [2.45, 2.75) is 13.5 Å². The summed E-state index contributed by atoms with van der Waals surface area (Å²) in [7, 11) is 1.56. The highest BCUT2D eigenvalue weighted by molar-refractivity contribution is 5.96. The van der Waals surface area contributed by atoms with E-state index in [0.29, 0.717) is 25.3 Å². The molecule has 0 spiro atoms. The first-order valence-electron chi connectivity index (χ1n) is 9.30. The van der Waals surface area contributed by atoms with E-state index in [1.807, 2.05) is 43.3 Å². The Bertz CT molecular complexity index is 823. The van der Waals surface area contributed by atoms with Crippen LogP contribution in [0.3, 0.4) is 0 Å². The molecular formula is C22H26N2O5. The zero-order valence-corrected chi connectivity index (χ0v) is 16.7. The normalized spacial score (nSPS) is 10.3. The van der Waals surface area contributed by atoms with Crippen molar-refractivity contribution in [1.82, 2.24) is 10.2 Å². The van der Waals surface area contributed by atoms with Crippen LogP contribution in [0, 0.1) is 6.92 Å². The second-order valence-electron chi connectivity index (χ2n) is 6.51. The van der Waals surface area contributed by atoms with Crippen LogP contribution >= 0.6 is 0 Å². The third-order valence-electron chi connectivity index (χ3n) is 4.16. The van der Waals surface area contributed by atoms with Gasteiger partial charge < -0.3 is 19.7 Å². The highest BCUT2D eigenvalue weighted by Crippen LogP contribution is 2.06. The van der Waals surface area contributed by atoms with Gasteiger partial charge in [-0.2, -0.15) is 0 Å². The van der Waals surface area contributed by atoms with E-state index in [0.717, 1.165) is 11.1 Å². The highest BCUT2D eigenvalue weighted by Gasteiger charge is 2.17. The molecule has 2 rings (SSSR count). The molecule has 0 fully saturated rings. The maximum atomic E-state index is 12.5. The van der Waals surface area contributed by atoms with E-state index in [1.54, 1.807) is 30.2 Å². The Morgan fingerprint density at radius 1 is 1.03 bits per heavy atom. The molecule has 2 aromatic rings. The molecule has 2 amide bonds. The summed E-state index contributed by atoms with van der Waals surface area (Å²) < 4.78 is 10.1. The Balaban J connectivity index is 1.81. The van der Waals surface area contributed by atoms with Crippen LogP contribution in [0.5, 0.6) is 0 Å². The third kappa shape index (κ3) is 7.75. The van der Waals surface area contributed by atoms with Crippen molar-refractivity contribution in [3.05, 3.63) is 71.3 Å². The molecule has 154 valence electrons. The molecule has 0 saturated heterocycles. The number of amides is 2. The lowest BCUT2D eigenvalue weighted by Gasteiger charge is -2.22. The van der Waals surface area contributed by atoms with Gasteiger partial charge in [0.25, 0.3) is 11.8 Å². The Morgan fingerprint density at radius 3 is 2.48 bits per heavy atom. The van der Waals surface area contributed by atoms with Crippen LogP contribution in [0.4, 0.5) is 0 Å². The number of carbonyl (C=O) groups is 3. The molecule has 0 aromatic heterocycles. The van der Waals surface area contributed by atoms with E-state index < -0.39 is 12.6 Å². The second kappa shape index (κ2) is 11.6. The number of carbonyl (C=O) groups excluding carboxylic acids is 3. The minimum atomic E-state index is -0.675. The predicted molar refractivity (Wildman–Crippen MR) is 108 cm³/mol. The SMILES string of the molecule is COCCN(Cc1ccccc1)C(=O)COC(=O)CNC(=O)c1cccc(C)c1. The van der Waals surface area contributed by atoms with Crippen LogP contribution in [0.2, 0.25) is 0 Å². The highest BCUT2D eigenvalue weighted by atomic mass is 16.5. The van der Waals surface area contributed by atoms with Crippen molar-refractivity contribution >= 4 is 17.8 Å². The van der Waals surface area contributed by atoms with Gasteiger partial charge in [0.1, 0.15) is 6.54 Å². The van der Waals surface area contributed by atoms with Gasteiger partial charge in [-0.3, -0.25) is 14.4 Å². The second-order valence-corrected chi connectivity index (χ2v) is 6.51. The lowest BCUT2D eigenvalue weighted by atomic mass is 10.1. The number of aryl methyl sites for hydroxylation is 1. The topological polar surface area (TPSA) is 84.9 Å². The Labute approximate surface area is 170 Å². The largest absolute Gasteiger partial charge is 0.454 e. The molecule has 0 atom stereocenters. The Kier molecular flexibility index (Phi) is 8.85. The minimum absolute atomic E-state index is 0.309. The zero-order chi connectivity index (χ0) is 21.1. The summed E-state index contributed by atoms with van der Waals surface area (Å²) in [6.07, 6.45) is 0. The fraction of sp³-hybridized carbons (Fsp3) is 0.318. The molecule has 0 aliphatic carbocycles. The molecule has 0 heterocycles. The van der Waals surface area contributed by atoms with Gasteiger partial charge in [0.15, 0.2) is 6.61 Å². The van der Waals surface area contributed by atoms with E-state index in [1.165, 1.54) is 0 Å². The van der Waals surface area contributed by atoms with Crippen molar-refractivity contribution < 1.29 is 23.9 Å². The van der Waals surface area contributed by atoms with Gasteiger partial charge in [-0.1, -0.05) is 48.0 Å². The van der Waals surface area contributed by atoms with Crippen molar-refractivity contribution in [3.8, 4) is 0 Å². The average Bonchev–Trinajstić information content (AvgIpc) is 2.73.